The summed E-state index contributed by atoms with van der Waals surface area (Å²) in [7, 11) is 0. The van der Waals surface area contributed by atoms with Crippen LogP contribution < -0.4 is 5.32 Å². The molecule has 1 saturated heterocycles. The molecule has 0 radical (unpaired) electrons. The summed E-state index contributed by atoms with van der Waals surface area (Å²) in [5, 5.41) is 6.92. The molecule has 23 heavy (non-hydrogen) atoms. The number of anilines is 1. The summed E-state index contributed by atoms with van der Waals surface area (Å²) in [6, 6.07) is 4.74. The molecule has 1 aromatic heterocycles. The fourth-order valence-corrected chi connectivity index (χ4v) is 2.88. The fourth-order valence-electron chi connectivity index (χ4n) is 2.88. The number of hydrogen-bond acceptors (Lipinski definition) is 3. The van der Waals surface area contributed by atoms with Crippen molar-refractivity contribution < 1.29 is 9.18 Å². The number of piperidine rings is 1. The predicted octanol–water partition coefficient (Wildman–Crippen LogP) is 2.85. The number of halogens is 1. The second kappa shape index (κ2) is 6.76. The van der Waals surface area contributed by atoms with Crippen molar-refractivity contribution >= 4 is 11.7 Å². The van der Waals surface area contributed by atoms with E-state index in [4.69, 9.17) is 0 Å². The maximum absolute atomic E-state index is 13.8. The Hall–Kier alpha value is -2.44. The van der Waals surface area contributed by atoms with Gasteiger partial charge in [0.25, 0.3) is 0 Å². The second-order valence-corrected chi connectivity index (χ2v) is 5.71. The average Bonchev–Trinajstić information content (AvgIpc) is 3.10. The first-order valence-electron chi connectivity index (χ1n) is 7.86. The molecule has 1 atom stereocenters. The number of likely N-dealkylation sites (tertiary alicyclic amines) is 1. The molecule has 2 heterocycles. The minimum atomic E-state index is -0.288. The smallest absolute Gasteiger partial charge is 0.321 e. The molecule has 0 unspecified atom stereocenters. The molecule has 1 aromatic carbocycles. The lowest BCUT2D eigenvalue weighted by molar-refractivity contribution is 0.174. The summed E-state index contributed by atoms with van der Waals surface area (Å²) in [5.74, 6) is -0.288. The van der Waals surface area contributed by atoms with Gasteiger partial charge in [0.1, 0.15) is 18.5 Å². The Morgan fingerprint density at radius 1 is 1.48 bits per heavy atom. The van der Waals surface area contributed by atoms with Gasteiger partial charge in [-0.2, -0.15) is 5.10 Å². The molecular formula is C16H20FN5O. The number of carbonyl (C=O) groups is 1. The lowest BCUT2D eigenvalue weighted by Gasteiger charge is -2.32. The first kappa shape index (κ1) is 15.5. The van der Waals surface area contributed by atoms with E-state index in [1.165, 1.54) is 12.4 Å². The third-order valence-electron chi connectivity index (χ3n) is 4.18. The highest BCUT2D eigenvalue weighted by Gasteiger charge is 2.25. The van der Waals surface area contributed by atoms with Crippen LogP contribution in [0.3, 0.4) is 0 Å². The van der Waals surface area contributed by atoms with E-state index >= 15 is 0 Å². The van der Waals surface area contributed by atoms with E-state index in [1.807, 2.05) is 6.92 Å². The molecule has 1 aliphatic heterocycles. The van der Waals surface area contributed by atoms with Gasteiger partial charge in [0.2, 0.25) is 0 Å². The molecule has 0 spiro atoms. The molecule has 0 saturated carbocycles. The summed E-state index contributed by atoms with van der Waals surface area (Å²) in [4.78, 5) is 18.1. The van der Waals surface area contributed by atoms with Gasteiger partial charge in [-0.15, -0.1) is 0 Å². The van der Waals surface area contributed by atoms with E-state index in [9.17, 15) is 9.18 Å². The van der Waals surface area contributed by atoms with Gasteiger partial charge in [-0.3, -0.25) is 0 Å². The number of carbonyl (C=O) groups excluding carboxylic acids is 1. The molecule has 6 nitrogen and oxygen atoms in total. The summed E-state index contributed by atoms with van der Waals surface area (Å²) in [6.07, 6.45) is 5.67. The molecule has 1 aliphatic rings. The number of hydrogen-bond donors (Lipinski definition) is 1. The minimum absolute atomic E-state index is 0.135. The van der Waals surface area contributed by atoms with Crippen molar-refractivity contribution in [3.63, 3.8) is 0 Å². The first-order chi connectivity index (χ1) is 11.2. The second-order valence-electron chi connectivity index (χ2n) is 5.71. The van der Waals surface area contributed by atoms with Crippen LogP contribution >= 0.6 is 0 Å². The van der Waals surface area contributed by atoms with E-state index < -0.39 is 0 Å². The van der Waals surface area contributed by atoms with Gasteiger partial charge >= 0.3 is 6.03 Å². The summed E-state index contributed by atoms with van der Waals surface area (Å²) >= 11 is 0. The van der Waals surface area contributed by atoms with Gasteiger partial charge in [-0.05, 0) is 37.0 Å². The van der Waals surface area contributed by atoms with Crippen LogP contribution in [0.25, 0.3) is 0 Å². The Kier molecular flexibility index (Phi) is 4.55. The van der Waals surface area contributed by atoms with Crippen molar-refractivity contribution in [1.29, 1.82) is 0 Å². The zero-order chi connectivity index (χ0) is 16.2. The fraction of sp³-hybridized carbons (Fsp3) is 0.438. The van der Waals surface area contributed by atoms with Crippen molar-refractivity contribution in [3.8, 4) is 0 Å². The zero-order valence-corrected chi connectivity index (χ0v) is 13.1. The third kappa shape index (κ3) is 3.49. The van der Waals surface area contributed by atoms with Gasteiger partial charge in [0, 0.05) is 18.8 Å². The summed E-state index contributed by atoms with van der Waals surface area (Å²) < 4.78 is 15.6. The highest BCUT2D eigenvalue weighted by molar-refractivity contribution is 5.89. The molecule has 3 rings (SSSR count). The molecule has 2 amide bonds. The van der Waals surface area contributed by atoms with Gasteiger partial charge in [0.15, 0.2) is 0 Å². The van der Waals surface area contributed by atoms with Crippen LogP contribution in [0.1, 0.15) is 31.4 Å². The molecule has 0 aliphatic carbocycles. The average molecular weight is 317 g/mol. The van der Waals surface area contributed by atoms with Crippen LogP contribution in [0.4, 0.5) is 14.9 Å². The van der Waals surface area contributed by atoms with E-state index in [2.05, 4.69) is 15.4 Å². The van der Waals surface area contributed by atoms with Crippen molar-refractivity contribution in [3.05, 3.63) is 42.2 Å². The SMILES string of the molecule is CCc1ccc(NC(=O)N2CCC[C@H](n3cncn3)C2)cc1F. The largest absolute Gasteiger partial charge is 0.322 e. The Bertz CT molecular complexity index is 673. The number of benzene rings is 1. The Labute approximate surface area is 134 Å². The Morgan fingerprint density at radius 2 is 2.35 bits per heavy atom. The predicted molar refractivity (Wildman–Crippen MR) is 84.7 cm³/mol. The lowest BCUT2D eigenvalue weighted by Crippen LogP contribution is -2.43. The summed E-state index contributed by atoms with van der Waals surface area (Å²) in [6.45, 7) is 3.16. The van der Waals surface area contributed by atoms with Crippen molar-refractivity contribution in [2.75, 3.05) is 18.4 Å². The molecule has 1 fully saturated rings. The highest BCUT2D eigenvalue weighted by atomic mass is 19.1. The Balaban J connectivity index is 1.64. The van der Waals surface area contributed by atoms with Crippen molar-refractivity contribution in [2.45, 2.75) is 32.2 Å². The van der Waals surface area contributed by atoms with E-state index in [-0.39, 0.29) is 17.9 Å². The maximum Gasteiger partial charge on any atom is 0.321 e. The quantitative estimate of drug-likeness (QED) is 0.947. The number of rotatable bonds is 3. The zero-order valence-electron chi connectivity index (χ0n) is 13.1. The van der Waals surface area contributed by atoms with Crippen molar-refractivity contribution in [2.24, 2.45) is 0 Å². The van der Waals surface area contributed by atoms with E-state index in [0.29, 0.717) is 30.8 Å². The minimum Gasteiger partial charge on any atom is -0.322 e. The maximum atomic E-state index is 13.8. The number of aromatic nitrogens is 3. The topological polar surface area (TPSA) is 63.1 Å². The normalized spacial score (nSPS) is 18.0. The molecule has 0 bridgehead atoms. The number of nitrogens with one attached hydrogen (secondary N) is 1. The van der Waals surface area contributed by atoms with Crippen LogP contribution in [0, 0.1) is 5.82 Å². The van der Waals surface area contributed by atoms with Crippen molar-refractivity contribution in [1.82, 2.24) is 19.7 Å². The molecule has 2 aromatic rings. The van der Waals surface area contributed by atoms with Crippen LogP contribution in [0.2, 0.25) is 0 Å². The molecule has 122 valence electrons. The molecule has 7 heteroatoms. The van der Waals surface area contributed by atoms with Crippen LogP contribution in [0.15, 0.2) is 30.9 Å². The lowest BCUT2D eigenvalue weighted by atomic mass is 10.1. The van der Waals surface area contributed by atoms with E-state index in [1.54, 1.807) is 28.0 Å². The number of nitrogens with zero attached hydrogens (tertiary/aromatic N) is 4. The number of aryl methyl sites for hydroxylation is 1. The third-order valence-corrected chi connectivity index (χ3v) is 4.18. The number of urea groups is 1. The van der Waals surface area contributed by atoms with Gasteiger partial charge < -0.3 is 10.2 Å². The summed E-state index contributed by atoms with van der Waals surface area (Å²) in [5.41, 5.74) is 1.12. The van der Waals surface area contributed by atoms with Crippen LogP contribution in [-0.2, 0) is 6.42 Å². The van der Waals surface area contributed by atoms with E-state index in [0.717, 1.165) is 12.8 Å². The standard InChI is InChI=1S/C16H20FN5O/c1-2-12-5-6-13(8-15(12)17)20-16(23)21-7-3-4-14(9-21)22-11-18-10-19-22/h5-6,8,10-11,14H,2-4,7,9H2,1H3,(H,20,23)/t14-/m0/s1. The first-order valence-corrected chi connectivity index (χ1v) is 7.86. The molecule has 1 N–H and O–H groups in total. The van der Waals surface area contributed by atoms with Crippen LogP contribution in [-0.4, -0.2) is 38.8 Å². The Morgan fingerprint density at radius 3 is 3.04 bits per heavy atom. The van der Waals surface area contributed by atoms with Gasteiger partial charge in [0.05, 0.1) is 6.04 Å². The number of amides is 2. The molecular weight excluding hydrogens is 297 g/mol. The van der Waals surface area contributed by atoms with Crippen LogP contribution in [0.5, 0.6) is 0 Å². The monoisotopic (exact) mass is 317 g/mol. The van der Waals surface area contributed by atoms with Gasteiger partial charge in [-0.1, -0.05) is 13.0 Å². The highest BCUT2D eigenvalue weighted by Crippen LogP contribution is 2.21. The van der Waals surface area contributed by atoms with Gasteiger partial charge in [-0.25, -0.2) is 18.9 Å².